The van der Waals surface area contributed by atoms with E-state index in [1.807, 2.05) is 39.2 Å². The molecule has 0 fully saturated rings. The lowest BCUT2D eigenvalue weighted by Crippen LogP contribution is -2.10. The van der Waals surface area contributed by atoms with Crippen LogP contribution in [-0.2, 0) is 4.74 Å². The number of hydrogen-bond acceptors (Lipinski definition) is 3. The summed E-state index contributed by atoms with van der Waals surface area (Å²) in [6, 6.07) is 14.3. The molecular formula is C16H20N2O. The van der Waals surface area contributed by atoms with Crippen molar-refractivity contribution in [3.63, 3.8) is 0 Å². The zero-order valence-electron chi connectivity index (χ0n) is 11.7. The Labute approximate surface area is 114 Å². The summed E-state index contributed by atoms with van der Waals surface area (Å²) in [6.07, 6.45) is 1.71. The zero-order valence-corrected chi connectivity index (χ0v) is 11.7. The van der Waals surface area contributed by atoms with E-state index >= 15 is 0 Å². The highest BCUT2D eigenvalue weighted by molar-refractivity contribution is 5.47. The van der Waals surface area contributed by atoms with Crippen LogP contribution in [0, 0.1) is 0 Å². The average molecular weight is 256 g/mol. The van der Waals surface area contributed by atoms with Crippen LogP contribution in [0.5, 0.6) is 0 Å². The maximum absolute atomic E-state index is 5.84. The molecule has 2 aromatic rings. The second-order valence-electron chi connectivity index (χ2n) is 4.58. The van der Waals surface area contributed by atoms with Gasteiger partial charge < -0.3 is 9.64 Å². The van der Waals surface area contributed by atoms with Crippen LogP contribution in [-0.4, -0.2) is 25.7 Å². The number of pyridine rings is 1. The van der Waals surface area contributed by atoms with Crippen molar-refractivity contribution in [2.75, 3.05) is 25.6 Å². The van der Waals surface area contributed by atoms with Crippen molar-refractivity contribution in [1.29, 1.82) is 0 Å². The number of aromatic nitrogens is 1. The summed E-state index contributed by atoms with van der Waals surface area (Å²) in [5, 5.41) is 0. The third-order valence-corrected chi connectivity index (χ3v) is 3.00. The van der Waals surface area contributed by atoms with Crippen LogP contribution in [0.3, 0.4) is 0 Å². The van der Waals surface area contributed by atoms with E-state index in [1.54, 1.807) is 6.20 Å². The highest BCUT2D eigenvalue weighted by Crippen LogP contribution is 2.26. The first kappa shape index (κ1) is 13.6. The first-order valence-corrected chi connectivity index (χ1v) is 6.52. The molecule has 0 amide bonds. The van der Waals surface area contributed by atoms with E-state index in [9.17, 15) is 0 Å². The standard InChI is InChI=1S/C16H20N2O/c1-4-19-16(15-7-5-6-12-17-15)13-8-10-14(11-9-13)18(2)3/h5-12,16H,4H2,1-3H3. The maximum Gasteiger partial charge on any atom is 0.124 e. The molecule has 1 heterocycles. The quantitative estimate of drug-likeness (QED) is 0.821. The molecule has 19 heavy (non-hydrogen) atoms. The van der Waals surface area contributed by atoms with Crippen LogP contribution >= 0.6 is 0 Å². The fourth-order valence-electron chi connectivity index (χ4n) is 2.00. The molecule has 0 bridgehead atoms. The van der Waals surface area contributed by atoms with E-state index < -0.39 is 0 Å². The molecule has 0 aliphatic heterocycles. The number of benzene rings is 1. The Morgan fingerprint density at radius 2 is 1.84 bits per heavy atom. The first-order chi connectivity index (χ1) is 9.22. The molecule has 0 saturated heterocycles. The molecule has 0 radical (unpaired) electrons. The minimum atomic E-state index is -0.0950. The van der Waals surface area contributed by atoms with E-state index in [0.717, 1.165) is 11.3 Å². The van der Waals surface area contributed by atoms with Crippen molar-refractivity contribution in [3.8, 4) is 0 Å². The van der Waals surface area contributed by atoms with Gasteiger partial charge in [-0.25, -0.2) is 0 Å². The highest BCUT2D eigenvalue weighted by atomic mass is 16.5. The van der Waals surface area contributed by atoms with Gasteiger partial charge in [-0.3, -0.25) is 4.98 Å². The fraction of sp³-hybridized carbons (Fsp3) is 0.312. The van der Waals surface area contributed by atoms with Gasteiger partial charge in [-0.05, 0) is 36.8 Å². The zero-order chi connectivity index (χ0) is 13.7. The van der Waals surface area contributed by atoms with Gasteiger partial charge in [0.2, 0.25) is 0 Å². The van der Waals surface area contributed by atoms with Crippen molar-refractivity contribution < 1.29 is 4.74 Å². The third kappa shape index (κ3) is 3.32. The summed E-state index contributed by atoms with van der Waals surface area (Å²) in [4.78, 5) is 6.48. The molecule has 1 aromatic heterocycles. The number of anilines is 1. The van der Waals surface area contributed by atoms with Gasteiger partial charge in [-0.15, -0.1) is 0 Å². The van der Waals surface area contributed by atoms with Gasteiger partial charge in [0.15, 0.2) is 0 Å². The SMILES string of the molecule is CCOC(c1ccc(N(C)C)cc1)c1ccccn1. The van der Waals surface area contributed by atoms with E-state index in [4.69, 9.17) is 4.74 Å². The van der Waals surface area contributed by atoms with Crippen LogP contribution in [0.1, 0.15) is 24.3 Å². The number of hydrogen-bond donors (Lipinski definition) is 0. The molecule has 1 unspecified atom stereocenters. The van der Waals surface area contributed by atoms with E-state index in [1.165, 1.54) is 5.69 Å². The lowest BCUT2D eigenvalue weighted by atomic mass is 10.1. The summed E-state index contributed by atoms with van der Waals surface area (Å²) in [7, 11) is 4.07. The summed E-state index contributed by atoms with van der Waals surface area (Å²) >= 11 is 0. The van der Waals surface area contributed by atoms with Gasteiger partial charge >= 0.3 is 0 Å². The lowest BCUT2D eigenvalue weighted by Gasteiger charge is -2.18. The maximum atomic E-state index is 5.84. The van der Waals surface area contributed by atoms with Crippen LogP contribution in [0.4, 0.5) is 5.69 Å². The molecule has 0 spiro atoms. The van der Waals surface area contributed by atoms with Crippen molar-refractivity contribution in [1.82, 2.24) is 4.98 Å². The van der Waals surface area contributed by atoms with Crippen LogP contribution in [0.2, 0.25) is 0 Å². The molecule has 0 aliphatic rings. The molecule has 0 N–H and O–H groups in total. The highest BCUT2D eigenvalue weighted by Gasteiger charge is 2.15. The van der Waals surface area contributed by atoms with Gasteiger partial charge in [-0.1, -0.05) is 18.2 Å². The smallest absolute Gasteiger partial charge is 0.124 e. The molecule has 0 aliphatic carbocycles. The minimum absolute atomic E-state index is 0.0950. The Bertz CT molecular complexity index is 494. The van der Waals surface area contributed by atoms with Gasteiger partial charge in [0.1, 0.15) is 6.10 Å². The first-order valence-electron chi connectivity index (χ1n) is 6.52. The monoisotopic (exact) mass is 256 g/mol. The molecule has 2 rings (SSSR count). The predicted octanol–water partition coefficient (Wildman–Crippen LogP) is 3.27. The second kappa shape index (κ2) is 6.34. The Morgan fingerprint density at radius 3 is 2.37 bits per heavy atom. The fourth-order valence-corrected chi connectivity index (χ4v) is 2.00. The lowest BCUT2D eigenvalue weighted by molar-refractivity contribution is 0.0884. The predicted molar refractivity (Wildman–Crippen MR) is 78.5 cm³/mol. The molecule has 0 saturated carbocycles. The Hall–Kier alpha value is -1.87. The van der Waals surface area contributed by atoms with Gasteiger partial charge in [0.05, 0.1) is 5.69 Å². The van der Waals surface area contributed by atoms with E-state index in [2.05, 4.69) is 34.1 Å². The molecule has 1 aromatic carbocycles. The summed E-state index contributed by atoms with van der Waals surface area (Å²) in [6.45, 7) is 2.67. The van der Waals surface area contributed by atoms with Crippen LogP contribution < -0.4 is 4.90 Å². The molecule has 100 valence electrons. The normalized spacial score (nSPS) is 12.2. The Balaban J connectivity index is 2.29. The Morgan fingerprint density at radius 1 is 1.11 bits per heavy atom. The summed E-state index contributed by atoms with van der Waals surface area (Å²) in [5.41, 5.74) is 3.26. The summed E-state index contributed by atoms with van der Waals surface area (Å²) in [5.74, 6) is 0. The Kier molecular flexibility index (Phi) is 4.53. The molecule has 3 nitrogen and oxygen atoms in total. The summed E-state index contributed by atoms with van der Waals surface area (Å²) < 4.78 is 5.84. The van der Waals surface area contributed by atoms with Gasteiger partial charge in [0.25, 0.3) is 0 Å². The van der Waals surface area contributed by atoms with Crippen LogP contribution in [0.15, 0.2) is 48.7 Å². The van der Waals surface area contributed by atoms with E-state index in [-0.39, 0.29) is 6.10 Å². The molecule has 3 heteroatoms. The van der Waals surface area contributed by atoms with Crippen molar-refractivity contribution in [2.24, 2.45) is 0 Å². The minimum Gasteiger partial charge on any atom is -0.378 e. The topological polar surface area (TPSA) is 25.4 Å². The number of rotatable bonds is 5. The van der Waals surface area contributed by atoms with Crippen molar-refractivity contribution in [3.05, 3.63) is 59.9 Å². The second-order valence-corrected chi connectivity index (χ2v) is 4.58. The van der Waals surface area contributed by atoms with Crippen molar-refractivity contribution >= 4 is 5.69 Å². The van der Waals surface area contributed by atoms with Gasteiger partial charge in [0, 0.05) is 32.6 Å². The molecule has 1 atom stereocenters. The van der Waals surface area contributed by atoms with Crippen LogP contribution in [0.25, 0.3) is 0 Å². The number of ether oxygens (including phenoxy) is 1. The third-order valence-electron chi connectivity index (χ3n) is 3.00. The number of nitrogens with zero attached hydrogens (tertiary/aromatic N) is 2. The van der Waals surface area contributed by atoms with Crippen molar-refractivity contribution in [2.45, 2.75) is 13.0 Å². The van der Waals surface area contributed by atoms with Gasteiger partial charge in [-0.2, -0.15) is 0 Å². The average Bonchev–Trinajstić information content (AvgIpc) is 2.46. The largest absolute Gasteiger partial charge is 0.378 e. The molecular weight excluding hydrogens is 236 g/mol. The van der Waals surface area contributed by atoms with E-state index in [0.29, 0.717) is 6.61 Å².